The van der Waals surface area contributed by atoms with E-state index in [-0.39, 0.29) is 10.8 Å². The van der Waals surface area contributed by atoms with Gasteiger partial charge in [0.1, 0.15) is 5.82 Å². The van der Waals surface area contributed by atoms with Gasteiger partial charge in [-0.25, -0.2) is 4.39 Å². The standard InChI is InChI=1S/C12H15ClFN/c1-9(2)5-6-15-8-10-3-4-11(13)12(14)7-10/h3-5,7,15H,6,8H2,1-2H3. The summed E-state index contributed by atoms with van der Waals surface area (Å²) < 4.78 is 13.0. The number of nitrogens with one attached hydrogen (secondary N) is 1. The zero-order valence-electron chi connectivity index (χ0n) is 8.98. The van der Waals surface area contributed by atoms with E-state index >= 15 is 0 Å². The molecule has 0 aliphatic heterocycles. The van der Waals surface area contributed by atoms with Gasteiger partial charge < -0.3 is 5.32 Å². The van der Waals surface area contributed by atoms with E-state index in [2.05, 4.69) is 11.4 Å². The van der Waals surface area contributed by atoms with Crippen molar-refractivity contribution in [1.29, 1.82) is 0 Å². The molecule has 1 aromatic carbocycles. The Labute approximate surface area is 95.0 Å². The molecule has 1 aromatic rings. The molecule has 1 rings (SSSR count). The molecule has 1 N–H and O–H groups in total. The summed E-state index contributed by atoms with van der Waals surface area (Å²) in [5, 5.41) is 3.36. The second-order valence-corrected chi connectivity index (χ2v) is 4.07. The Hall–Kier alpha value is -0.860. The summed E-state index contributed by atoms with van der Waals surface area (Å²) in [7, 11) is 0. The van der Waals surface area contributed by atoms with Gasteiger partial charge in [-0.15, -0.1) is 0 Å². The molecule has 0 spiro atoms. The molecule has 82 valence electrons. The number of allylic oxidation sites excluding steroid dienone is 1. The molecule has 3 heteroatoms. The van der Waals surface area contributed by atoms with Gasteiger partial charge in [0.15, 0.2) is 0 Å². The van der Waals surface area contributed by atoms with Crippen LogP contribution in [0.15, 0.2) is 29.8 Å². The fourth-order valence-electron chi connectivity index (χ4n) is 1.14. The summed E-state index contributed by atoms with van der Waals surface area (Å²) in [6.45, 7) is 5.54. The third-order valence-electron chi connectivity index (χ3n) is 1.97. The Balaban J connectivity index is 2.44. The summed E-state index contributed by atoms with van der Waals surface area (Å²) in [4.78, 5) is 0. The molecule has 15 heavy (non-hydrogen) atoms. The summed E-state index contributed by atoms with van der Waals surface area (Å²) >= 11 is 5.58. The van der Waals surface area contributed by atoms with Gasteiger partial charge in [-0.1, -0.05) is 29.3 Å². The monoisotopic (exact) mass is 227 g/mol. The first-order chi connectivity index (χ1) is 7.09. The van der Waals surface area contributed by atoms with E-state index in [1.54, 1.807) is 6.07 Å². The van der Waals surface area contributed by atoms with Gasteiger partial charge in [-0.2, -0.15) is 0 Å². The maximum Gasteiger partial charge on any atom is 0.142 e. The fourth-order valence-corrected chi connectivity index (χ4v) is 1.26. The molecule has 0 amide bonds. The highest BCUT2D eigenvalue weighted by atomic mass is 35.5. The van der Waals surface area contributed by atoms with Crippen LogP contribution in [0.2, 0.25) is 5.02 Å². The van der Waals surface area contributed by atoms with Crippen LogP contribution in [0.4, 0.5) is 4.39 Å². The number of halogens is 2. The number of hydrogen-bond donors (Lipinski definition) is 1. The van der Waals surface area contributed by atoms with E-state index in [1.807, 2.05) is 19.9 Å². The third kappa shape index (κ3) is 4.45. The highest BCUT2D eigenvalue weighted by Crippen LogP contribution is 2.15. The van der Waals surface area contributed by atoms with Crippen molar-refractivity contribution in [3.63, 3.8) is 0 Å². The summed E-state index contributed by atoms with van der Waals surface area (Å²) in [5.74, 6) is -0.363. The fraction of sp³-hybridized carbons (Fsp3) is 0.333. The minimum atomic E-state index is -0.363. The van der Waals surface area contributed by atoms with Crippen molar-refractivity contribution in [3.8, 4) is 0 Å². The molecular formula is C12H15ClFN. The second kappa shape index (κ2) is 5.89. The molecule has 0 saturated heterocycles. The first kappa shape index (κ1) is 12.2. The molecule has 0 radical (unpaired) electrons. The average molecular weight is 228 g/mol. The second-order valence-electron chi connectivity index (χ2n) is 3.66. The van der Waals surface area contributed by atoms with Crippen LogP contribution in [-0.2, 0) is 6.54 Å². The van der Waals surface area contributed by atoms with Crippen LogP contribution in [0, 0.1) is 5.82 Å². The Morgan fingerprint density at radius 2 is 2.20 bits per heavy atom. The normalized spacial score (nSPS) is 10.1. The number of rotatable bonds is 4. The average Bonchev–Trinajstić information content (AvgIpc) is 2.18. The lowest BCUT2D eigenvalue weighted by Crippen LogP contribution is -2.13. The lowest BCUT2D eigenvalue weighted by atomic mass is 10.2. The van der Waals surface area contributed by atoms with Crippen LogP contribution in [0.3, 0.4) is 0 Å². The SMILES string of the molecule is CC(C)=CCNCc1ccc(Cl)c(F)c1. The molecule has 0 unspecified atom stereocenters. The van der Waals surface area contributed by atoms with Gasteiger partial charge in [0.25, 0.3) is 0 Å². The van der Waals surface area contributed by atoms with Crippen LogP contribution < -0.4 is 5.32 Å². The minimum Gasteiger partial charge on any atom is -0.309 e. The topological polar surface area (TPSA) is 12.0 Å². The van der Waals surface area contributed by atoms with Gasteiger partial charge in [0.05, 0.1) is 5.02 Å². The molecule has 0 aromatic heterocycles. The minimum absolute atomic E-state index is 0.169. The van der Waals surface area contributed by atoms with Crippen molar-refractivity contribution in [2.75, 3.05) is 6.54 Å². The van der Waals surface area contributed by atoms with Crippen molar-refractivity contribution in [3.05, 3.63) is 46.3 Å². The zero-order valence-corrected chi connectivity index (χ0v) is 9.74. The Morgan fingerprint density at radius 3 is 2.80 bits per heavy atom. The van der Waals surface area contributed by atoms with E-state index in [4.69, 9.17) is 11.6 Å². The molecular weight excluding hydrogens is 213 g/mol. The Morgan fingerprint density at radius 1 is 1.47 bits per heavy atom. The Kier molecular flexibility index (Phi) is 4.79. The smallest absolute Gasteiger partial charge is 0.142 e. The van der Waals surface area contributed by atoms with Crippen LogP contribution in [-0.4, -0.2) is 6.54 Å². The lowest BCUT2D eigenvalue weighted by molar-refractivity contribution is 0.623. The molecule has 0 heterocycles. The van der Waals surface area contributed by atoms with Crippen molar-refractivity contribution in [2.24, 2.45) is 0 Å². The maximum absolute atomic E-state index is 13.0. The van der Waals surface area contributed by atoms with Crippen molar-refractivity contribution in [2.45, 2.75) is 20.4 Å². The summed E-state index contributed by atoms with van der Waals surface area (Å²) in [6, 6.07) is 4.85. The Bertz CT molecular complexity index is 357. The van der Waals surface area contributed by atoms with Crippen LogP contribution in [0.1, 0.15) is 19.4 Å². The first-order valence-corrected chi connectivity index (χ1v) is 5.25. The molecule has 0 fully saturated rings. The van der Waals surface area contributed by atoms with E-state index in [9.17, 15) is 4.39 Å². The molecule has 0 atom stereocenters. The van der Waals surface area contributed by atoms with Crippen molar-refractivity contribution in [1.82, 2.24) is 5.32 Å². The summed E-state index contributed by atoms with van der Waals surface area (Å²) in [5.41, 5.74) is 2.17. The zero-order chi connectivity index (χ0) is 11.3. The van der Waals surface area contributed by atoms with Crippen LogP contribution in [0.5, 0.6) is 0 Å². The lowest BCUT2D eigenvalue weighted by Gasteiger charge is -2.03. The molecule has 0 bridgehead atoms. The largest absolute Gasteiger partial charge is 0.309 e. The highest BCUT2D eigenvalue weighted by molar-refractivity contribution is 6.30. The highest BCUT2D eigenvalue weighted by Gasteiger charge is 1.99. The van der Waals surface area contributed by atoms with Gasteiger partial charge in [0, 0.05) is 13.1 Å². The van der Waals surface area contributed by atoms with Crippen molar-refractivity contribution >= 4 is 11.6 Å². The van der Waals surface area contributed by atoms with Gasteiger partial charge in [0.2, 0.25) is 0 Å². The number of benzene rings is 1. The number of hydrogen-bond acceptors (Lipinski definition) is 1. The molecule has 0 saturated carbocycles. The van der Waals surface area contributed by atoms with E-state index in [0.29, 0.717) is 6.54 Å². The molecule has 1 nitrogen and oxygen atoms in total. The maximum atomic E-state index is 13.0. The quantitative estimate of drug-likeness (QED) is 0.613. The van der Waals surface area contributed by atoms with Gasteiger partial charge in [-0.3, -0.25) is 0 Å². The third-order valence-corrected chi connectivity index (χ3v) is 2.27. The summed E-state index contributed by atoms with van der Waals surface area (Å²) in [6.07, 6.45) is 2.09. The predicted molar refractivity (Wildman–Crippen MR) is 62.5 cm³/mol. The van der Waals surface area contributed by atoms with Crippen LogP contribution >= 0.6 is 11.6 Å². The van der Waals surface area contributed by atoms with E-state index < -0.39 is 0 Å². The van der Waals surface area contributed by atoms with E-state index in [0.717, 1.165) is 12.1 Å². The molecule has 0 aliphatic rings. The molecule has 0 aliphatic carbocycles. The van der Waals surface area contributed by atoms with Gasteiger partial charge >= 0.3 is 0 Å². The first-order valence-electron chi connectivity index (χ1n) is 4.87. The predicted octanol–water partition coefficient (Wildman–Crippen LogP) is 3.53. The van der Waals surface area contributed by atoms with Gasteiger partial charge in [-0.05, 0) is 31.5 Å². The van der Waals surface area contributed by atoms with E-state index in [1.165, 1.54) is 11.6 Å². The van der Waals surface area contributed by atoms with Crippen LogP contribution in [0.25, 0.3) is 0 Å². The van der Waals surface area contributed by atoms with Crippen molar-refractivity contribution < 1.29 is 4.39 Å².